The molecule has 2 rings (SSSR count). The van der Waals surface area contributed by atoms with Crippen molar-refractivity contribution in [1.29, 1.82) is 0 Å². The average molecular weight is 313 g/mol. The van der Waals surface area contributed by atoms with Crippen molar-refractivity contribution in [2.45, 2.75) is 41.5 Å². The molecule has 3 heteroatoms. The fraction of sp³-hybridized carbons (Fsp3) is 0.500. The third kappa shape index (κ3) is 2.30. The Hall–Kier alpha value is -0.243. The quantitative estimate of drug-likeness (QED) is 0.627. The van der Waals surface area contributed by atoms with Gasteiger partial charge in [0.15, 0.2) is 0 Å². The average Bonchev–Trinajstić information content (AvgIpc) is 2.68. The Balaban J connectivity index is 2.39. The Kier molecular flexibility index (Phi) is 4.20. The van der Waals surface area contributed by atoms with Crippen LogP contribution in [0.25, 0.3) is 0 Å². The topological polar surface area (TPSA) is 0 Å². The molecule has 104 valence electrons. The molecule has 2 aliphatic rings. The highest BCUT2D eigenvalue weighted by atomic mass is 35.5. The van der Waals surface area contributed by atoms with Crippen molar-refractivity contribution in [3.63, 3.8) is 0 Å². The van der Waals surface area contributed by atoms with Crippen LogP contribution in [0.1, 0.15) is 41.5 Å². The number of hydrogen-bond acceptors (Lipinski definition) is 0. The maximum Gasteiger partial charge on any atom is 0.0882 e. The van der Waals surface area contributed by atoms with Crippen LogP contribution in [0.4, 0.5) is 0 Å². The van der Waals surface area contributed by atoms with E-state index >= 15 is 0 Å². The monoisotopic (exact) mass is 312 g/mol. The van der Waals surface area contributed by atoms with Crippen LogP contribution < -0.4 is 0 Å². The van der Waals surface area contributed by atoms with Gasteiger partial charge in [-0.15, -0.1) is 0 Å². The third-order valence-corrected chi connectivity index (χ3v) is 9.09. The summed E-state index contributed by atoms with van der Waals surface area (Å²) in [5.74, 6) is 0.812. The molecule has 0 fully saturated rings. The summed E-state index contributed by atoms with van der Waals surface area (Å²) in [7, 11) is -0.478. The lowest BCUT2D eigenvalue weighted by atomic mass is 10.1. The Bertz CT molecular complexity index is 511. The Labute approximate surface area is 129 Å². The summed E-state index contributed by atoms with van der Waals surface area (Å²) in [5.41, 5.74) is 5.58. The molecule has 0 aromatic carbocycles. The molecule has 2 aliphatic carbocycles. The Morgan fingerprint density at radius 2 is 1.05 bits per heavy atom. The first-order valence-electron chi connectivity index (χ1n) is 6.89. The summed E-state index contributed by atoms with van der Waals surface area (Å²) in [4.78, 5) is 0. The molecule has 2 unspecified atom stereocenters. The molecule has 19 heavy (non-hydrogen) atoms. The minimum atomic E-state index is -0.478. The smallest absolute Gasteiger partial charge is 0.0882 e. The van der Waals surface area contributed by atoms with Crippen LogP contribution >= 0.6 is 23.2 Å². The molecule has 0 bridgehead atoms. The highest BCUT2D eigenvalue weighted by molar-refractivity contribution is 6.58. The number of halogens is 2. The Morgan fingerprint density at radius 3 is 1.26 bits per heavy atom. The molecule has 0 aromatic heterocycles. The zero-order chi connectivity index (χ0) is 14.5. The molecule has 0 saturated carbocycles. The van der Waals surface area contributed by atoms with Crippen LogP contribution in [0.15, 0.2) is 42.7 Å². The van der Waals surface area contributed by atoms with E-state index in [4.69, 9.17) is 23.2 Å². The van der Waals surface area contributed by atoms with E-state index in [2.05, 4.69) is 41.5 Å². The van der Waals surface area contributed by atoms with Crippen molar-refractivity contribution in [2.75, 3.05) is 0 Å². The second-order valence-electron chi connectivity index (χ2n) is 5.89. The van der Waals surface area contributed by atoms with E-state index < -0.39 is 9.52 Å². The summed E-state index contributed by atoms with van der Waals surface area (Å²) >= 11 is 12.8. The van der Waals surface area contributed by atoms with Gasteiger partial charge in [0.25, 0.3) is 0 Å². The van der Waals surface area contributed by atoms with E-state index in [1.54, 1.807) is 10.4 Å². The first-order valence-corrected chi connectivity index (χ1v) is 9.06. The molecular formula is C16H22Cl2Si. The van der Waals surface area contributed by atoms with Crippen molar-refractivity contribution in [2.24, 2.45) is 11.8 Å². The van der Waals surface area contributed by atoms with Gasteiger partial charge in [0.05, 0.1) is 9.52 Å². The lowest BCUT2D eigenvalue weighted by Gasteiger charge is -2.11. The molecule has 0 spiro atoms. The predicted molar refractivity (Wildman–Crippen MR) is 89.4 cm³/mol. The lowest BCUT2D eigenvalue weighted by Crippen LogP contribution is -2.05. The van der Waals surface area contributed by atoms with E-state index in [9.17, 15) is 0 Å². The van der Waals surface area contributed by atoms with Gasteiger partial charge < -0.3 is 0 Å². The number of rotatable bonds is 2. The summed E-state index contributed by atoms with van der Waals surface area (Å²) in [6.07, 6.45) is 0. The van der Waals surface area contributed by atoms with Gasteiger partial charge in [-0.2, -0.15) is 0 Å². The van der Waals surface area contributed by atoms with E-state index in [1.165, 1.54) is 22.3 Å². The second-order valence-corrected chi connectivity index (χ2v) is 8.47. The first-order chi connectivity index (χ1) is 8.77. The van der Waals surface area contributed by atoms with Crippen LogP contribution in [0.5, 0.6) is 0 Å². The van der Waals surface area contributed by atoms with Crippen LogP contribution in [0, 0.1) is 11.8 Å². The van der Waals surface area contributed by atoms with Gasteiger partial charge in [0, 0.05) is 21.9 Å². The number of allylic oxidation sites excluding steroid dienone is 8. The summed E-state index contributed by atoms with van der Waals surface area (Å²) in [6, 6.07) is 0. The molecule has 0 heterocycles. The molecule has 0 radical (unpaired) electrons. The summed E-state index contributed by atoms with van der Waals surface area (Å²) < 4.78 is 0. The van der Waals surface area contributed by atoms with E-state index in [0.717, 1.165) is 10.1 Å². The largest absolute Gasteiger partial charge is 0.0882 e. The van der Waals surface area contributed by atoms with E-state index in [0.29, 0.717) is 11.8 Å². The second kappa shape index (κ2) is 5.27. The zero-order valence-corrected chi connectivity index (χ0v) is 15.5. The van der Waals surface area contributed by atoms with Crippen LogP contribution in [-0.4, -0.2) is 9.52 Å². The van der Waals surface area contributed by atoms with Gasteiger partial charge in [-0.3, -0.25) is 0 Å². The van der Waals surface area contributed by atoms with Gasteiger partial charge in [0.1, 0.15) is 0 Å². The van der Waals surface area contributed by atoms with Crippen molar-refractivity contribution < 1.29 is 0 Å². The molecule has 0 N–H and O–H groups in total. The standard InChI is InChI=1S/C16H22Cl2Si/c1-7-9(3)15(11(5)13(7)17)19-16-10(4)8(2)14(18)12(16)6/h7-8H,19H2,1-6H3. The molecule has 0 saturated heterocycles. The zero-order valence-electron chi connectivity index (χ0n) is 12.6. The Morgan fingerprint density at radius 1 is 0.737 bits per heavy atom. The van der Waals surface area contributed by atoms with Crippen molar-refractivity contribution in [1.82, 2.24) is 0 Å². The molecule has 2 atom stereocenters. The fourth-order valence-corrected chi connectivity index (χ4v) is 6.37. The highest BCUT2D eigenvalue weighted by Crippen LogP contribution is 2.43. The lowest BCUT2D eigenvalue weighted by molar-refractivity contribution is 0.860. The van der Waals surface area contributed by atoms with E-state index in [1.807, 2.05) is 0 Å². The van der Waals surface area contributed by atoms with Gasteiger partial charge in [-0.25, -0.2) is 0 Å². The minimum absolute atomic E-state index is 0.406. The van der Waals surface area contributed by atoms with E-state index in [-0.39, 0.29) is 0 Å². The van der Waals surface area contributed by atoms with Crippen molar-refractivity contribution in [3.8, 4) is 0 Å². The van der Waals surface area contributed by atoms with Gasteiger partial charge in [-0.1, -0.05) is 58.6 Å². The minimum Gasteiger partial charge on any atom is -0.0882 e. The third-order valence-electron chi connectivity index (χ3n) is 4.99. The van der Waals surface area contributed by atoms with Crippen LogP contribution in [0.2, 0.25) is 0 Å². The van der Waals surface area contributed by atoms with Crippen LogP contribution in [0.3, 0.4) is 0 Å². The molecular weight excluding hydrogens is 291 g/mol. The normalized spacial score (nSPS) is 29.1. The molecule has 0 nitrogen and oxygen atoms in total. The highest BCUT2D eigenvalue weighted by Gasteiger charge is 2.29. The van der Waals surface area contributed by atoms with Crippen LogP contribution in [-0.2, 0) is 0 Å². The predicted octanol–water partition coefficient (Wildman–Crippen LogP) is 5.03. The van der Waals surface area contributed by atoms with Gasteiger partial charge >= 0.3 is 0 Å². The number of hydrogen-bond donors (Lipinski definition) is 0. The maximum atomic E-state index is 6.42. The first kappa shape index (κ1) is 15.2. The molecule has 0 amide bonds. The SMILES string of the molecule is CC1=C(Cl)C(C)C(C)=C1[SiH2]C1=C(C)C(C)C(Cl)=C1C. The molecule has 0 aromatic rings. The maximum absolute atomic E-state index is 6.42. The van der Waals surface area contributed by atoms with Crippen molar-refractivity contribution in [3.05, 3.63) is 42.7 Å². The van der Waals surface area contributed by atoms with Gasteiger partial charge in [-0.05, 0) is 38.8 Å². The molecule has 0 aliphatic heterocycles. The van der Waals surface area contributed by atoms with Gasteiger partial charge in [0.2, 0.25) is 0 Å². The summed E-state index contributed by atoms with van der Waals surface area (Å²) in [5, 5.41) is 5.17. The fourth-order valence-electron chi connectivity index (χ4n) is 3.15. The van der Waals surface area contributed by atoms with Crippen molar-refractivity contribution >= 4 is 32.7 Å². The summed E-state index contributed by atoms with van der Waals surface area (Å²) in [6.45, 7) is 13.2.